The van der Waals surface area contributed by atoms with Gasteiger partial charge in [-0.25, -0.2) is 13.8 Å². The minimum Gasteiger partial charge on any atom is -0.487 e. The predicted octanol–water partition coefficient (Wildman–Crippen LogP) is 7.21. The lowest BCUT2D eigenvalue weighted by molar-refractivity contribution is 0.0262. The summed E-state index contributed by atoms with van der Waals surface area (Å²) in [6, 6.07) is 10.2. The summed E-state index contributed by atoms with van der Waals surface area (Å²) in [5, 5.41) is 14.8. The van der Waals surface area contributed by atoms with Crippen molar-refractivity contribution in [3.05, 3.63) is 87.2 Å². The number of amides is 1. The molecule has 47 heavy (non-hydrogen) atoms. The lowest BCUT2D eigenvalue weighted by Gasteiger charge is -2.44. The number of ether oxygens (including phenoxy) is 1. The standard InChI is InChI=1S/C35H38Cl2FN7O2/c1-21-17-42(34(46)28-16-39-45(33(28)23-5-6-23)30-9-7-24(36)13-29(30)37)18-22(2)43(21)19-26-20-44(41-40-26)31-15-35(11-3-4-12-35)47-32-10-8-25(38)14-27(31)32/h7-10,13-14,16,20-23,31H,3-6,11-12,15,17-19H2,1-2H3/t21-,22+,31-/m1/s1. The molecule has 2 aliphatic heterocycles. The summed E-state index contributed by atoms with van der Waals surface area (Å²) in [5.41, 5.74) is 3.73. The third-order valence-corrected chi connectivity index (χ3v) is 11.0. The van der Waals surface area contributed by atoms with Crippen LogP contribution in [-0.4, -0.2) is 71.3 Å². The number of carbonyl (C=O) groups excluding carboxylic acids is 1. The van der Waals surface area contributed by atoms with Crippen molar-refractivity contribution < 1.29 is 13.9 Å². The number of rotatable bonds is 6. The molecule has 0 radical (unpaired) electrons. The highest BCUT2D eigenvalue weighted by atomic mass is 35.5. The molecule has 4 aliphatic rings. The van der Waals surface area contributed by atoms with Gasteiger partial charge in [-0.1, -0.05) is 28.4 Å². The SMILES string of the molecule is C[C@@H]1CN(C(=O)c2cnn(-c3ccc(Cl)cc3Cl)c2C2CC2)C[C@H](C)N1Cc1cn([C@@H]2CC3(CCCC3)Oc3ccc(F)cc32)nn1. The van der Waals surface area contributed by atoms with Gasteiger partial charge in [0.15, 0.2) is 0 Å². The molecule has 0 N–H and O–H groups in total. The number of carbonyl (C=O) groups is 1. The summed E-state index contributed by atoms with van der Waals surface area (Å²) in [5.74, 6) is 0.750. The average Bonchev–Trinajstić information content (AvgIpc) is 3.39. The zero-order chi connectivity index (χ0) is 32.4. The first-order valence-corrected chi connectivity index (χ1v) is 17.4. The molecule has 2 aliphatic carbocycles. The van der Waals surface area contributed by atoms with Crippen LogP contribution in [0, 0.1) is 5.82 Å². The van der Waals surface area contributed by atoms with E-state index in [0.717, 1.165) is 73.3 Å². The first-order chi connectivity index (χ1) is 22.7. The fourth-order valence-corrected chi connectivity index (χ4v) is 8.51. The Morgan fingerprint density at radius 3 is 2.55 bits per heavy atom. The van der Waals surface area contributed by atoms with Crippen LogP contribution in [0.25, 0.3) is 5.69 Å². The molecule has 3 atom stereocenters. The average molecular weight is 679 g/mol. The zero-order valence-corrected chi connectivity index (χ0v) is 28.1. The molecule has 4 heterocycles. The summed E-state index contributed by atoms with van der Waals surface area (Å²) >= 11 is 12.7. The number of benzene rings is 2. The fourth-order valence-electron chi connectivity index (χ4n) is 8.02. The molecule has 0 unspecified atom stereocenters. The second kappa shape index (κ2) is 11.9. The van der Waals surface area contributed by atoms with Gasteiger partial charge in [0.25, 0.3) is 5.91 Å². The Bertz CT molecular complexity index is 1820. The molecule has 12 heteroatoms. The van der Waals surface area contributed by atoms with E-state index in [9.17, 15) is 9.18 Å². The highest BCUT2D eigenvalue weighted by molar-refractivity contribution is 6.35. The van der Waals surface area contributed by atoms with Gasteiger partial charge >= 0.3 is 0 Å². The molecule has 246 valence electrons. The number of piperazine rings is 1. The fraction of sp³-hybridized carbons (Fsp3) is 0.486. The van der Waals surface area contributed by atoms with Crippen molar-refractivity contribution in [2.45, 2.75) is 95.0 Å². The minimum atomic E-state index is -0.277. The Morgan fingerprint density at radius 1 is 1.06 bits per heavy atom. The van der Waals surface area contributed by atoms with Crippen LogP contribution in [0.5, 0.6) is 5.75 Å². The van der Waals surface area contributed by atoms with Gasteiger partial charge in [-0.3, -0.25) is 9.69 Å². The number of hydrogen-bond donors (Lipinski definition) is 0. The van der Waals surface area contributed by atoms with E-state index in [4.69, 9.17) is 27.9 Å². The highest BCUT2D eigenvalue weighted by Crippen LogP contribution is 2.48. The van der Waals surface area contributed by atoms with E-state index in [-0.39, 0.29) is 41.4 Å². The summed E-state index contributed by atoms with van der Waals surface area (Å²) in [4.78, 5) is 18.4. The number of aromatic nitrogens is 5. The van der Waals surface area contributed by atoms with Gasteiger partial charge in [0.2, 0.25) is 0 Å². The van der Waals surface area contributed by atoms with Gasteiger partial charge in [0.1, 0.15) is 17.2 Å². The lowest BCUT2D eigenvalue weighted by atomic mass is 9.86. The van der Waals surface area contributed by atoms with Gasteiger partial charge < -0.3 is 9.64 Å². The number of hydrogen-bond acceptors (Lipinski definition) is 6. The van der Waals surface area contributed by atoms with Crippen LogP contribution in [0.1, 0.15) is 98.1 Å². The Balaban J connectivity index is 0.989. The summed E-state index contributed by atoms with van der Waals surface area (Å²) in [6.07, 6.45) is 10.8. The van der Waals surface area contributed by atoms with Crippen molar-refractivity contribution in [1.29, 1.82) is 0 Å². The lowest BCUT2D eigenvalue weighted by Crippen LogP contribution is -2.57. The molecule has 2 saturated carbocycles. The third kappa shape index (κ3) is 5.72. The molecule has 1 spiro atoms. The maximum Gasteiger partial charge on any atom is 0.257 e. The Morgan fingerprint density at radius 2 is 1.83 bits per heavy atom. The van der Waals surface area contributed by atoms with Gasteiger partial charge in [0, 0.05) is 54.6 Å². The van der Waals surface area contributed by atoms with E-state index < -0.39 is 0 Å². The smallest absolute Gasteiger partial charge is 0.257 e. The molecule has 1 saturated heterocycles. The second-order valence-corrected chi connectivity index (χ2v) is 14.7. The van der Waals surface area contributed by atoms with Crippen LogP contribution in [0.2, 0.25) is 10.0 Å². The number of fused-ring (bicyclic) bond motifs is 1. The van der Waals surface area contributed by atoms with Gasteiger partial charge in [0.05, 0.1) is 46.1 Å². The molecule has 2 aromatic carbocycles. The van der Waals surface area contributed by atoms with E-state index in [1.165, 1.54) is 6.07 Å². The van der Waals surface area contributed by atoms with Crippen molar-refractivity contribution in [2.75, 3.05) is 13.1 Å². The summed E-state index contributed by atoms with van der Waals surface area (Å²) in [7, 11) is 0. The van der Waals surface area contributed by atoms with Crippen molar-refractivity contribution in [3.63, 3.8) is 0 Å². The predicted molar refractivity (Wildman–Crippen MR) is 177 cm³/mol. The first kappa shape index (κ1) is 30.8. The number of nitrogens with zero attached hydrogens (tertiary/aromatic N) is 7. The Hall–Kier alpha value is -3.47. The van der Waals surface area contributed by atoms with Crippen molar-refractivity contribution >= 4 is 29.1 Å². The van der Waals surface area contributed by atoms with Crippen LogP contribution in [0.3, 0.4) is 0 Å². The van der Waals surface area contributed by atoms with Crippen LogP contribution < -0.4 is 4.74 Å². The van der Waals surface area contributed by atoms with Crippen molar-refractivity contribution in [3.8, 4) is 11.4 Å². The van der Waals surface area contributed by atoms with E-state index >= 15 is 0 Å². The Kier molecular flexibility index (Phi) is 7.80. The van der Waals surface area contributed by atoms with E-state index in [1.807, 2.05) is 26.5 Å². The van der Waals surface area contributed by atoms with Gasteiger partial charge in [-0.05, 0) is 88.8 Å². The molecule has 9 nitrogen and oxygen atoms in total. The van der Waals surface area contributed by atoms with Crippen LogP contribution in [-0.2, 0) is 6.54 Å². The van der Waals surface area contributed by atoms with Crippen molar-refractivity contribution in [1.82, 2.24) is 34.6 Å². The largest absolute Gasteiger partial charge is 0.487 e. The van der Waals surface area contributed by atoms with Gasteiger partial charge in [-0.15, -0.1) is 5.10 Å². The normalized spacial score (nSPS) is 24.0. The van der Waals surface area contributed by atoms with Crippen LogP contribution in [0.15, 0.2) is 48.8 Å². The Labute approximate surface area is 283 Å². The zero-order valence-electron chi connectivity index (χ0n) is 26.6. The minimum absolute atomic E-state index is 0.00112. The molecule has 2 aromatic heterocycles. The molecule has 3 fully saturated rings. The summed E-state index contributed by atoms with van der Waals surface area (Å²) < 4.78 is 24.6. The van der Waals surface area contributed by atoms with Gasteiger partial charge in [-0.2, -0.15) is 5.10 Å². The van der Waals surface area contributed by atoms with E-state index in [1.54, 1.807) is 30.5 Å². The topological polar surface area (TPSA) is 81.3 Å². The molecule has 8 rings (SSSR count). The van der Waals surface area contributed by atoms with Crippen LogP contribution >= 0.6 is 23.2 Å². The number of halogens is 3. The maximum absolute atomic E-state index is 14.4. The van der Waals surface area contributed by atoms with E-state index in [2.05, 4.69) is 34.2 Å². The molecule has 1 amide bonds. The highest BCUT2D eigenvalue weighted by Gasteiger charge is 2.44. The van der Waals surface area contributed by atoms with E-state index in [0.29, 0.717) is 35.2 Å². The maximum atomic E-state index is 14.4. The quantitative estimate of drug-likeness (QED) is 0.215. The third-order valence-electron chi connectivity index (χ3n) is 10.5. The first-order valence-electron chi connectivity index (χ1n) is 16.7. The monoisotopic (exact) mass is 677 g/mol. The molecular weight excluding hydrogens is 640 g/mol. The van der Waals surface area contributed by atoms with Crippen molar-refractivity contribution in [2.24, 2.45) is 0 Å². The van der Waals surface area contributed by atoms with Crippen LogP contribution in [0.4, 0.5) is 4.39 Å². The summed E-state index contributed by atoms with van der Waals surface area (Å²) in [6.45, 7) is 6.09. The second-order valence-electron chi connectivity index (χ2n) is 13.9. The molecular formula is C35H38Cl2FN7O2. The molecule has 0 bridgehead atoms. The molecule has 4 aromatic rings.